The minimum atomic E-state index is -0.981. The minimum Gasteiger partial charge on any atom is -0.493 e. The molecular formula is C26H33NO8. The van der Waals surface area contributed by atoms with Gasteiger partial charge in [-0.15, -0.1) is 0 Å². The fraction of sp³-hybridized carbons (Fsp3) is 0.500. The van der Waals surface area contributed by atoms with E-state index in [0.717, 1.165) is 0 Å². The number of allylic oxidation sites excluding steroid dienone is 3. The van der Waals surface area contributed by atoms with Gasteiger partial charge in [0.15, 0.2) is 17.3 Å². The third-order valence-electron chi connectivity index (χ3n) is 6.33. The number of carbonyl (C=O) groups excluding carboxylic acids is 3. The highest BCUT2D eigenvalue weighted by molar-refractivity contribution is 6.12. The summed E-state index contributed by atoms with van der Waals surface area (Å²) in [7, 11) is 5.74. The molecule has 1 aromatic rings. The lowest BCUT2D eigenvalue weighted by atomic mass is 9.69. The summed E-state index contributed by atoms with van der Waals surface area (Å²) in [6.07, 6.45) is 0.0645. The van der Waals surface area contributed by atoms with E-state index >= 15 is 0 Å². The van der Waals surface area contributed by atoms with Crippen molar-refractivity contribution in [3.8, 4) is 17.2 Å². The SMILES string of the molecule is COC(=O)C1C(=O)C2=C(CC1C)NC(C)=C(C(=O)OC(C)C)C2c1cc(OC)c(OC)c(OC)c1. The first-order valence-electron chi connectivity index (χ1n) is 11.4. The van der Waals surface area contributed by atoms with Crippen LogP contribution in [0.5, 0.6) is 17.2 Å². The molecule has 190 valence electrons. The number of hydrogen-bond donors (Lipinski definition) is 1. The Morgan fingerprint density at radius 2 is 1.63 bits per heavy atom. The molecule has 0 spiro atoms. The minimum absolute atomic E-state index is 0.276. The second-order valence-corrected chi connectivity index (χ2v) is 8.95. The zero-order valence-corrected chi connectivity index (χ0v) is 21.4. The van der Waals surface area contributed by atoms with E-state index in [9.17, 15) is 14.4 Å². The van der Waals surface area contributed by atoms with Gasteiger partial charge in [-0.3, -0.25) is 9.59 Å². The van der Waals surface area contributed by atoms with Crippen molar-refractivity contribution in [3.63, 3.8) is 0 Å². The molecule has 3 unspecified atom stereocenters. The Hall–Kier alpha value is -3.49. The van der Waals surface area contributed by atoms with Gasteiger partial charge in [0.25, 0.3) is 0 Å². The predicted octanol–water partition coefficient (Wildman–Crippen LogP) is 3.28. The third-order valence-corrected chi connectivity index (χ3v) is 6.33. The summed E-state index contributed by atoms with van der Waals surface area (Å²) in [5.74, 6) is -2.51. The summed E-state index contributed by atoms with van der Waals surface area (Å²) >= 11 is 0. The molecule has 0 saturated heterocycles. The van der Waals surface area contributed by atoms with Crippen LogP contribution in [0.4, 0.5) is 0 Å². The highest BCUT2D eigenvalue weighted by Crippen LogP contribution is 2.49. The molecule has 9 nitrogen and oxygen atoms in total. The first-order chi connectivity index (χ1) is 16.6. The van der Waals surface area contributed by atoms with Gasteiger partial charge in [-0.2, -0.15) is 0 Å². The highest BCUT2D eigenvalue weighted by atomic mass is 16.5. The number of dihydropyridines is 1. The monoisotopic (exact) mass is 487 g/mol. The van der Waals surface area contributed by atoms with E-state index in [1.165, 1.54) is 28.4 Å². The van der Waals surface area contributed by atoms with Crippen molar-refractivity contribution in [3.05, 3.63) is 40.2 Å². The Morgan fingerprint density at radius 3 is 2.11 bits per heavy atom. The number of Topliss-reactive ketones (excluding diaryl/α,β-unsaturated/α-hetero) is 1. The topological polar surface area (TPSA) is 109 Å². The van der Waals surface area contributed by atoms with Crippen molar-refractivity contribution in [2.24, 2.45) is 11.8 Å². The molecule has 0 amide bonds. The molecule has 1 aliphatic carbocycles. The number of methoxy groups -OCH3 is 4. The van der Waals surface area contributed by atoms with Gasteiger partial charge in [-0.05, 0) is 50.8 Å². The second kappa shape index (κ2) is 10.4. The highest BCUT2D eigenvalue weighted by Gasteiger charge is 2.47. The quantitative estimate of drug-likeness (QED) is 0.458. The molecule has 35 heavy (non-hydrogen) atoms. The summed E-state index contributed by atoms with van der Waals surface area (Å²) in [5.41, 5.74) is 2.41. The summed E-state index contributed by atoms with van der Waals surface area (Å²) < 4.78 is 27.0. The van der Waals surface area contributed by atoms with E-state index in [1.807, 2.05) is 6.92 Å². The zero-order valence-electron chi connectivity index (χ0n) is 21.4. The molecule has 3 atom stereocenters. The number of nitrogens with one attached hydrogen (secondary N) is 1. The fourth-order valence-corrected chi connectivity index (χ4v) is 4.83. The second-order valence-electron chi connectivity index (χ2n) is 8.95. The summed E-state index contributed by atoms with van der Waals surface area (Å²) in [4.78, 5) is 39.7. The van der Waals surface area contributed by atoms with E-state index in [1.54, 1.807) is 32.9 Å². The number of rotatable bonds is 7. The van der Waals surface area contributed by atoms with E-state index in [2.05, 4.69) is 5.32 Å². The maximum absolute atomic E-state index is 13.8. The van der Waals surface area contributed by atoms with Crippen molar-refractivity contribution in [1.29, 1.82) is 0 Å². The van der Waals surface area contributed by atoms with Crippen LogP contribution < -0.4 is 19.5 Å². The molecule has 3 rings (SSSR count). The van der Waals surface area contributed by atoms with Crippen molar-refractivity contribution in [2.45, 2.75) is 46.1 Å². The maximum atomic E-state index is 13.8. The molecule has 0 bridgehead atoms. The average Bonchev–Trinajstić information content (AvgIpc) is 2.81. The van der Waals surface area contributed by atoms with Crippen molar-refractivity contribution >= 4 is 17.7 Å². The average molecular weight is 488 g/mol. The number of esters is 2. The predicted molar refractivity (Wildman–Crippen MR) is 127 cm³/mol. The van der Waals surface area contributed by atoms with Gasteiger partial charge in [0.1, 0.15) is 5.92 Å². The standard InChI is InChI=1S/C26H33NO8/c1-12(2)35-26(30)20-14(4)27-16-9-13(3)19(25(29)34-8)23(28)22(16)21(20)15-10-17(31-5)24(33-7)18(11-15)32-6/h10-13,19,21,27H,9H2,1-8H3. The Kier molecular flexibility index (Phi) is 7.77. The largest absolute Gasteiger partial charge is 0.493 e. The van der Waals surface area contributed by atoms with Gasteiger partial charge < -0.3 is 29.0 Å². The third kappa shape index (κ3) is 4.72. The zero-order chi connectivity index (χ0) is 26.0. The lowest BCUT2D eigenvalue weighted by molar-refractivity contribution is -0.151. The van der Waals surface area contributed by atoms with Crippen molar-refractivity contribution in [1.82, 2.24) is 5.32 Å². The maximum Gasteiger partial charge on any atom is 0.337 e. The molecule has 2 aliphatic rings. The number of ether oxygens (including phenoxy) is 5. The smallest absolute Gasteiger partial charge is 0.337 e. The molecule has 1 aliphatic heterocycles. The van der Waals surface area contributed by atoms with Crippen LogP contribution in [0.3, 0.4) is 0 Å². The first kappa shape index (κ1) is 26.1. The number of hydrogen-bond acceptors (Lipinski definition) is 9. The van der Waals surface area contributed by atoms with Gasteiger partial charge in [0.05, 0.1) is 40.1 Å². The molecule has 1 heterocycles. The van der Waals surface area contributed by atoms with Crippen molar-refractivity contribution < 1.29 is 38.1 Å². The summed E-state index contributed by atoms with van der Waals surface area (Å²) in [6, 6.07) is 3.41. The summed E-state index contributed by atoms with van der Waals surface area (Å²) in [5, 5.41) is 3.24. The van der Waals surface area contributed by atoms with E-state index < -0.39 is 23.8 Å². The molecule has 0 fully saturated rings. The normalized spacial score (nSPS) is 21.9. The molecule has 1 aromatic carbocycles. The number of benzene rings is 1. The van der Waals surface area contributed by atoms with E-state index in [0.29, 0.717) is 46.2 Å². The van der Waals surface area contributed by atoms with Crippen LogP contribution in [0, 0.1) is 11.8 Å². The van der Waals surface area contributed by atoms with Crippen LogP contribution in [0.15, 0.2) is 34.7 Å². The molecule has 0 saturated carbocycles. The van der Waals surface area contributed by atoms with Crippen LogP contribution in [0.25, 0.3) is 0 Å². The summed E-state index contributed by atoms with van der Waals surface area (Å²) in [6.45, 7) is 7.11. The van der Waals surface area contributed by atoms with Gasteiger partial charge in [0.2, 0.25) is 5.75 Å². The number of ketones is 1. The van der Waals surface area contributed by atoms with Crippen LogP contribution >= 0.6 is 0 Å². The van der Waals surface area contributed by atoms with Crippen LogP contribution in [-0.2, 0) is 23.9 Å². The fourth-order valence-electron chi connectivity index (χ4n) is 4.83. The van der Waals surface area contributed by atoms with E-state index in [-0.39, 0.29) is 23.4 Å². The Bertz CT molecular complexity index is 1080. The van der Waals surface area contributed by atoms with Gasteiger partial charge in [-0.25, -0.2) is 4.79 Å². The number of carbonyl (C=O) groups is 3. The van der Waals surface area contributed by atoms with Crippen molar-refractivity contribution in [2.75, 3.05) is 28.4 Å². The molecule has 1 N–H and O–H groups in total. The molecular weight excluding hydrogens is 454 g/mol. The van der Waals surface area contributed by atoms with Gasteiger partial charge in [0, 0.05) is 22.9 Å². The molecule has 9 heteroatoms. The van der Waals surface area contributed by atoms with E-state index in [4.69, 9.17) is 23.7 Å². The first-order valence-corrected chi connectivity index (χ1v) is 11.4. The lowest BCUT2D eigenvalue weighted by Gasteiger charge is -2.38. The molecule has 0 aromatic heterocycles. The lowest BCUT2D eigenvalue weighted by Crippen LogP contribution is -2.43. The Morgan fingerprint density at radius 1 is 1.03 bits per heavy atom. The molecule has 0 radical (unpaired) electrons. The van der Waals surface area contributed by atoms with Gasteiger partial charge in [-0.1, -0.05) is 6.92 Å². The Labute approximate surface area is 205 Å². The van der Waals surface area contributed by atoms with Crippen LogP contribution in [-0.4, -0.2) is 52.3 Å². The van der Waals surface area contributed by atoms with Crippen LogP contribution in [0.2, 0.25) is 0 Å². The van der Waals surface area contributed by atoms with Crippen LogP contribution in [0.1, 0.15) is 45.6 Å². The Balaban J connectivity index is 2.30. The van der Waals surface area contributed by atoms with Gasteiger partial charge >= 0.3 is 11.9 Å².